The molecule has 0 fully saturated rings. The van der Waals surface area contributed by atoms with Crippen LogP contribution < -0.4 is 4.72 Å². The maximum absolute atomic E-state index is 13.5. The van der Waals surface area contributed by atoms with E-state index < -0.39 is 15.8 Å². The molecule has 2 aromatic carbocycles. The quantitative estimate of drug-likeness (QED) is 0.941. The fourth-order valence-electron chi connectivity index (χ4n) is 1.62. The van der Waals surface area contributed by atoms with Gasteiger partial charge < -0.3 is 0 Å². The summed E-state index contributed by atoms with van der Waals surface area (Å²) in [6, 6.07) is 10.1. The maximum atomic E-state index is 13.5. The second-order valence-electron chi connectivity index (χ2n) is 3.95. The Morgan fingerprint density at radius 3 is 2.47 bits per heavy atom. The summed E-state index contributed by atoms with van der Waals surface area (Å²) in [5.41, 5.74) is 0.329. The zero-order valence-electron chi connectivity index (χ0n) is 10.0. The first-order valence-corrected chi connectivity index (χ1v) is 7.30. The van der Waals surface area contributed by atoms with E-state index in [1.807, 2.05) is 0 Å². The van der Waals surface area contributed by atoms with Crippen LogP contribution in [0.2, 0.25) is 5.02 Å². The Balaban J connectivity index is 2.44. The highest BCUT2D eigenvalue weighted by Crippen LogP contribution is 2.25. The second kappa shape index (κ2) is 5.19. The lowest BCUT2D eigenvalue weighted by Crippen LogP contribution is -2.15. The minimum Gasteiger partial charge on any atom is -0.277 e. The molecule has 19 heavy (non-hydrogen) atoms. The molecule has 0 saturated carbocycles. The minimum atomic E-state index is -3.86. The number of anilines is 1. The van der Waals surface area contributed by atoms with Gasteiger partial charge in [-0.25, -0.2) is 12.8 Å². The molecule has 2 aromatic rings. The zero-order valence-corrected chi connectivity index (χ0v) is 11.6. The van der Waals surface area contributed by atoms with Crippen molar-refractivity contribution in [2.45, 2.75) is 11.8 Å². The van der Waals surface area contributed by atoms with Crippen molar-refractivity contribution in [3.05, 3.63) is 58.9 Å². The number of hydrogen-bond donors (Lipinski definition) is 1. The third-order valence-electron chi connectivity index (χ3n) is 2.63. The number of rotatable bonds is 3. The molecule has 0 atom stereocenters. The van der Waals surface area contributed by atoms with Crippen LogP contribution in [0.4, 0.5) is 10.1 Å². The van der Waals surface area contributed by atoms with Gasteiger partial charge in [0.25, 0.3) is 10.0 Å². The predicted molar refractivity (Wildman–Crippen MR) is 73.4 cm³/mol. The van der Waals surface area contributed by atoms with Crippen molar-refractivity contribution in [1.29, 1.82) is 0 Å². The Hall–Kier alpha value is -1.59. The summed E-state index contributed by atoms with van der Waals surface area (Å²) in [6.45, 7) is 1.60. The normalized spacial score (nSPS) is 11.3. The SMILES string of the molecule is Cc1c(Cl)cccc1S(=O)(=O)Nc1ccccc1F. The molecule has 0 aliphatic heterocycles. The summed E-state index contributed by atoms with van der Waals surface area (Å²) >= 11 is 5.89. The number of para-hydroxylation sites is 1. The molecule has 0 aliphatic rings. The molecule has 0 spiro atoms. The van der Waals surface area contributed by atoms with Gasteiger partial charge in [0, 0.05) is 5.02 Å². The average molecular weight is 300 g/mol. The van der Waals surface area contributed by atoms with E-state index in [0.29, 0.717) is 10.6 Å². The van der Waals surface area contributed by atoms with Crippen molar-refractivity contribution in [2.75, 3.05) is 4.72 Å². The van der Waals surface area contributed by atoms with Gasteiger partial charge in [-0.15, -0.1) is 0 Å². The van der Waals surface area contributed by atoms with Gasteiger partial charge in [0.2, 0.25) is 0 Å². The zero-order chi connectivity index (χ0) is 14.0. The summed E-state index contributed by atoms with van der Waals surface area (Å²) in [5, 5.41) is 0.344. The fourth-order valence-corrected chi connectivity index (χ4v) is 3.19. The Morgan fingerprint density at radius 1 is 1.11 bits per heavy atom. The summed E-state index contributed by atoms with van der Waals surface area (Å²) in [6.07, 6.45) is 0. The molecule has 0 aliphatic carbocycles. The van der Waals surface area contributed by atoms with Crippen LogP contribution in [0.25, 0.3) is 0 Å². The highest BCUT2D eigenvalue weighted by atomic mass is 35.5. The molecule has 0 unspecified atom stereocenters. The van der Waals surface area contributed by atoms with Crippen LogP contribution in [-0.4, -0.2) is 8.42 Å². The van der Waals surface area contributed by atoms with Crippen molar-refractivity contribution in [3.8, 4) is 0 Å². The first-order chi connectivity index (χ1) is 8.92. The second-order valence-corrected chi connectivity index (χ2v) is 6.01. The number of halogens is 2. The first kappa shape index (κ1) is 13.8. The molecule has 0 aromatic heterocycles. The lowest BCUT2D eigenvalue weighted by molar-refractivity contribution is 0.598. The Kier molecular flexibility index (Phi) is 3.78. The molecular formula is C13H11ClFNO2S. The molecule has 3 nitrogen and oxygen atoms in total. The summed E-state index contributed by atoms with van der Waals surface area (Å²) in [7, 11) is -3.86. The van der Waals surface area contributed by atoms with Gasteiger partial charge in [0.1, 0.15) is 5.82 Å². The number of hydrogen-bond acceptors (Lipinski definition) is 2. The van der Waals surface area contributed by atoms with E-state index in [4.69, 9.17) is 11.6 Å². The molecular weight excluding hydrogens is 289 g/mol. The van der Waals surface area contributed by atoms with Crippen molar-refractivity contribution in [1.82, 2.24) is 0 Å². The van der Waals surface area contributed by atoms with E-state index in [1.54, 1.807) is 19.1 Å². The van der Waals surface area contributed by atoms with E-state index in [2.05, 4.69) is 4.72 Å². The van der Waals surface area contributed by atoms with E-state index in [9.17, 15) is 12.8 Å². The molecule has 0 heterocycles. The number of nitrogens with one attached hydrogen (secondary N) is 1. The molecule has 0 bridgehead atoms. The van der Waals surface area contributed by atoms with Crippen LogP contribution in [-0.2, 0) is 10.0 Å². The van der Waals surface area contributed by atoms with E-state index in [0.717, 1.165) is 0 Å². The Morgan fingerprint density at radius 2 is 1.79 bits per heavy atom. The van der Waals surface area contributed by atoms with Gasteiger partial charge in [0.05, 0.1) is 10.6 Å². The summed E-state index contributed by atoms with van der Waals surface area (Å²) < 4.78 is 40.1. The molecule has 2 rings (SSSR count). The van der Waals surface area contributed by atoms with Crippen LogP contribution in [0.5, 0.6) is 0 Å². The molecule has 0 amide bonds. The summed E-state index contributed by atoms with van der Waals surface area (Å²) in [5.74, 6) is -0.634. The number of sulfonamides is 1. The molecule has 0 radical (unpaired) electrons. The Bertz CT molecular complexity index is 716. The van der Waals surface area contributed by atoms with E-state index >= 15 is 0 Å². The largest absolute Gasteiger partial charge is 0.277 e. The Labute approximate surface area is 116 Å². The van der Waals surface area contributed by atoms with Crippen molar-refractivity contribution in [2.24, 2.45) is 0 Å². The van der Waals surface area contributed by atoms with Crippen LogP contribution in [0.3, 0.4) is 0 Å². The van der Waals surface area contributed by atoms with Crippen LogP contribution in [0, 0.1) is 12.7 Å². The number of benzene rings is 2. The van der Waals surface area contributed by atoms with Crippen molar-refractivity contribution in [3.63, 3.8) is 0 Å². The van der Waals surface area contributed by atoms with Gasteiger partial charge in [-0.2, -0.15) is 0 Å². The topological polar surface area (TPSA) is 46.2 Å². The van der Waals surface area contributed by atoms with E-state index in [-0.39, 0.29) is 10.6 Å². The third-order valence-corrected chi connectivity index (χ3v) is 4.55. The van der Waals surface area contributed by atoms with Crippen molar-refractivity contribution < 1.29 is 12.8 Å². The van der Waals surface area contributed by atoms with Crippen LogP contribution >= 0.6 is 11.6 Å². The smallest absolute Gasteiger partial charge is 0.262 e. The fraction of sp³-hybridized carbons (Fsp3) is 0.0769. The summed E-state index contributed by atoms with van der Waals surface area (Å²) in [4.78, 5) is 0.0308. The molecule has 100 valence electrons. The van der Waals surface area contributed by atoms with Gasteiger partial charge >= 0.3 is 0 Å². The van der Waals surface area contributed by atoms with Gasteiger partial charge in [-0.3, -0.25) is 4.72 Å². The highest BCUT2D eigenvalue weighted by molar-refractivity contribution is 7.92. The lowest BCUT2D eigenvalue weighted by Gasteiger charge is -2.11. The molecule has 1 N–H and O–H groups in total. The van der Waals surface area contributed by atoms with Crippen LogP contribution in [0.15, 0.2) is 47.4 Å². The maximum Gasteiger partial charge on any atom is 0.262 e. The third kappa shape index (κ3) is 2.88. The van der Waals surface area contributed by atoms with Crippen molar-refractivity contribution >= 4 is 27.3 Å². The lowest BCUT2D eigenvalue weighted by atomic mass is 10.2. The van der Waals surface area contributed by atoms with E-state index in [1.165, 1.54) is 30.3 Å². The van der Waals surface area contributed by atoms with Gasteiger partial charge in [-0.05, 0) is 36.8 Å². The first-order valence-electron chi connectivity index (χ1n) is 5.44. The highest BCUT2D eigenvalue weighted by Gasteiger charge is 2.19. The average Bonchev–Trinajstić information content (AvgIpc) is 2.35. The molecule has 0 saturated heterocycles. The predicted octanol–water partition coefficient (Wildman–Crippen LogP) is 3.59. The van der Waals surface area contributed by atoms with Crippen LogP contribution in [0.1, 0.15) is 5.56 Å². The van der Waals surface area contributed by atoms with Gasteiger partial charge in [-0.1, -0.05) is 29.8 Å². The molecule has 6 heteroatoms. The minimum absolute atomic E-state index is 0.0308. The van der Waals surface area contributed by atoms with Gasteiger partial charge in [0.15, 0.2) is 0 Å². The monoisotopic (exact) mass is 299 g/mol. The standard InChI is InChI=1S/C13H11ClFNO2S/c1-9-10(14)5-4-8-13(9)19(17,18)16-12-7-3-2-6-11(12)15/h2-8,16H,1H3.